The second kappa shape index (κ2) is 5.23. The van der Waals surface area contributed by atoms with Crippen LogP contribution in [0.25, 0.3) is 0 Å². The molecule has 5 nitrogen and oxygen atoms in total. The Labute approximate surface area is 105 Å². The minimum atomic E-state index is -0.00316. The number of piperazine rings is 1. The Morgan fingerprint density at radius 2 is 2.06 bits per heavy atom. The van der Waals surface area contributed by atoms with Crippen molar-refractivity contribution in [3.63, 3.8) is 0 Å². The summed E-state index contributed by atoms with van der Waals surface area (Å²) in [5.74, 6) is 0.953. The van der Waals surface area contributed by atoms with E-state index in [2.05, 4.69) is 9.88 Å². The van der Waals surface area contributed by atoms with Crippen LogP contribution in [0.1, 0.15) is 0 Å². The third kappa shape index (κ3) is 2.79. The van der Waals surface area contributed by atoms with Crippen LogP contribution in [0, 0.1) is 0 Å². The van der Waals surface area contributed by atoms with E-state index in [-0.39, 0.29) is 11.8 Å². The molecule has 1 fully saturated rings. The first-order valence-corrected chi connectivity index (χ1v) is 6.04. The molecular formula is C11H15ClN4O. The zero-order chi connectivity index (χ0) is 12.3. The zero-order valence-corrected chi connectivity index (χ0v) is 10.2. The first-order chi connectivity index (χ1) is 8.20. The van der Waals surface area contributed by atoms with Crippen LogP contribution in [0.3, 0.4) is 0 Å². The van der Waals surface area contributed by atoms with Crippen molar-refractivity contribution in [1.29, 1.82) is 0 Å². The number of aromatic nitrogens is 1. The highest BCUT2D eigenvalue weighted by Gasteiger charge is 2.20. The molecule has 92 valence electrons. The summed E-state index contributed by atoms with van der Waals surface area (Å²) in [7, 11) is 0. The Balaban J connectivity index is 1.95. The number of halogens is 1. The number of hydrogen-bond donors (Lipinski definition) is 1. The Morgan fingerprint density at radius 1 is 1.35 bits per heavy atom. The first kappa shape index (κ1) is 12.0. The van der Waals surface area contributed by atoms with Crippen LogP contribution in [-0.4, -0.2) is 47.9 Å². The van der Waals surface area contributed by atoms with Gasteiger partial charge >= 0.3 is 0 Å². The molecule has 0 atom stereocenters. The number of alkyl halides is 1. The molecule has 1 aromatic heterocycles. The molecule has 17 heavy (non-hydrogen) atoms. The lowest BCUT2D eigenvalue weighted by Gasteiger charge is -2.35. The van der Waals surface area contributed by atoms with E-state index in [9.17, 15) is 4.79 Å². The topological polar surface area (TPSA) is 62.5 Å². The van der Waals surface area contributed by atoms with Crippen molar-refractivity contribution in [1.82, 2.24) is 9.88 Å². The number of nitrogens with zero attached hydrogens (tertiary/aromatic N) is 3. The number of nitrogens with two attached hydrogens (primary N) is 1. The van der Waals surface area contributed by atoms with Crippen LogP contribution in [-0.2, 0) is 4.79 Å². The highest BCUT2D eigenvalue weighted by Crippen LogP contribution is 2.14. The average molecular weight is 255 g/mol. The minimum Gasteiger partial charge on any atom is -0.397 e. The van der Waals surface area contributed by atoms with E-state index in [0.29, 0.717) is 18.8 Å². The lowest BCUT2D eigenvalue weighted by Crippen LogP contribution is -2.49. The summed E-state index contributed by atoms with van der Waals surface area (Å²) in [6.07, 6.45) is 1.64. The van der Waals surface area contributed by atoms with E-state index in [1.54, 1.807) is 11.1 Å². The fraction of sp³-hybridized carbons (Fsp3) is 0.455. The van der Waals surface area contributed by atoms with Crippen LogP contribution in [0.4, 0.5) is 11.5 Å². The highest BCUT2D eigenvalue weighted by atomic mass is 35.5. The van der Waals surface area contributed by atoms with Crippen LogP contribution in [0.2, 0.25) is 0 Å². The molecule has 0 bridgehead atoms. The lowest BCUT2D eigenvalue weighted by molar-refractivity contribution is -0.128. The molecule has 2 rings (SSSR count). The van der Waals surface area contributed by atoms with Crippen molar-refractivity contribution in [2.24, 2.45) is 0 Å². The van der Waals surface area contributed by atoms with Gasteiger partial charge in [0.1, 0.15) is 11.7 Å². The molecule has 0 aliphatic carbocycles. The molecule has 6 heteroatoms. The fourth-order valence-corrected chi connectivity index (χ4v) is 2.02. The molecule has 1 aliphatic heterocycles. The molecule has 1 amide bonds. The van der Waals surface area contributed by atoms with E-state index >= 15 is 0 Å². The van der Waals surface area contributed by atoms with Crippen LogP contribution in [0.5, 0.6) is 0 Å². The maximum atomic E-state index is 11.4. The van der Waals surface area contributed by atoms with E-state index in [1.807, 2.05) is 12.1 Å². The number of pyridine rings is 1. The van der Waals surface area contributed by atoms with Gasteiger partial charge in [0, 0.05) is 26.2 Å². The van der Waals surface area contributed by atoms with Crippen molar-refractivity contribution in [3.8, 4) is 0 Å². The lowest BCUT2D eigenvalue weighted by atomic mass is 10.3. The monoisotopic (exact) mass is 254 g/mol. The number of amides is 1. The number of hydrogen-bond acceptors (Lipinski definition) is 4. The van der Waals surface area contributed by atoms with Gasteiger partial charge in [-0.25, -0.2) is 4.98 Å². The third-order valence-electron chi connectivity index (χ3n) is 2.84. The molecule has 0 saturated carbocycles. The molecule has 2 N–H and O–H groups in total. The molecule has 0 spiro atoms. The average Bonchev–Trinajstić information content (AvgIpc) is 2.39. The van der Waals surface area contributed by atoms with Gasteiger partial charge in [0.2, 0.25) is 5.91 Å². The van der Waals surface area contributed by atoms with Crippen LogP contribution >= 0.6 is 11.6 Å². The molecule has 1 aromatic rings. The number of rotatable bonds is 2. The van der Waals surface area contributed by atoms with Gasteiger partial charge in [0.15, 0.2) is 0 Å². The molecule has 2 heterocycles. The van der Waals surface area contributed by atoms with Gasteiger partial charge in [-0.15, -0.1) is 11.6 Å². The molecule has 0 aromatic carbocycles. The quantitative estimate of drug-likeness (QED) is 0.783. The van der Waals surface area contributed by atoms with E-state index in [0.717, 1.165) is 18.9 Å². The van der Waals surface area contributed by atoms with Crippen molar-refractivity contribution >= 4 is 29.0 Å². The van der Waals surface area contributed by atoms with Crippen molar-refractivity contribution in [2.75, 3.05) is 42.7 Å². The van der Waals surface area contributed by atoms with Crippen molar-refractivity contribution in [2.45, 2.75) is 0 Å². The smallest absolute Gasteiger partial charge is 0.237 e. The largest absolute Gasteiger partial charge is 0.397 e. The summed E-state index contributed by atoms with van der Waals surface area (Å²) < 4.78 is 0. The zero-order valence-electron chi connectivity index (χ0n) is 9.47. The first-order valence-electron chi connectivity index (χ1n) is 5.51. The predicted molar refractivity (Wildman–Crippen MR) is 68.2 cm³/mol. The second-order valence-corrected chi connectivity index (χ2v) is 4.22. The molecular weight excluding hydrogens is 240 g/mol. The van der Waals surface area contributed by atoms with Crippen molar-refractivity contribution in [3.05, 3.63) is 18.3 Å². The Morgan fingerprint density at radius 3 is 2.59 bits per heavy atom. The SMILES string of the molecule is Nc1ccc(N2CCN(C(=O)CCl)CC2)nc1. The molecule has 1 aliphatic rings. The summed E-state index contributed by atoms with van der Waals surface area (Å²) >= 11 is 5.53. The van der Waals surface area contributed by atoms with Gasteiger partial charge < -0.3 is 15.5 Å². The van der Waals surface area contributed by atoms with Crippen molar-refractivity contribution < 1.29 is 4.79 Å². The maximum absolute atomic E-state index is 11.4. The standard InChI is InChI=1S/C11H15ClN4O/c12-7-11(17)16-5-3-15(4-6-16)10-2-1-9(13)8-14-10/h1-2,8H,3-7,13H2. The van der Waals surface area contributed by atoms with E-state index < -0.39 is 0 Å². The number of nitrogen functional groups attached to an aromatic ring is 1. The Hall–Kier alpha value is -1.49. The van der Waals surface area contributed by atoms with Gasteiger partial charge in [-0.1, -0.05) is 0 Å². The second-order valence-electron chi connectivity index (χ2n) is 3.95. The number of carbonyl (C=O) groups is 1. The number of anilines is 2. The summed E-state index contributed by atoms with van der Waals surface area (Å²) in [6, 6.07) is 3.73. The van der Waals surface area contributed by atoms with E-state index in [4.69, 9.17) is 17.3 Å². The Kier molecular flexibility index (Phi) is 3.68. The third-order valence-corrected chi connectivity index (χ3v) is 3.07. The van der Waals surface area contributed by atoms with Crippen LogP contribution in [0.15, 0.2) is 18.3 Å². The predicted octanol–water partition coefficient (Wildman–Crippen LogP) is 0.551. The summed E-state index contributed by atoms with van der Waals surface area (Å²) in [4.78, 5) is 19.6. The summed E-state index contributed by atoms with van der Waals surface area (Å²) in [5.41, 5.74) is 6.24. The molecule has 1 saturated heterocycles. The van der Waals surface area contributed by atoms with Gasteiger partial charge in [-0.05, 0) is 12.1 Å². The van der Waals surface area contributed by atoms with E-state index in [1.165, 1.54) is 0 Å². The highest BCUT2D eigenvalue weighted by molar-refractivity contribution is 6.27. The normalized spacial score (nSPS) is 16.1. The maximum Gasteiger partial charge on any atom is 0.237 e. The van der Waals surface area contributed by atoms with Gasteiger partial charge in [-0.2, -0.15) is 0 Å². The molecule has 0 unspecified atom stereocenters. The Bertz CT molecular complexity index is 387. The summed E-state index contributed by atoms with van der Waals surface area (Å²) in [6.45, 7) is 2.94. The van der Waals surface area contributed by atoms with Crippen LogP contribution < -0.4 is 10.6 Å². The minimum absolute atomic E-state index is 0.00316. The summed E-state index contributed by atoms with van der Waals surface area (Å²) in [5, 5.41) is 0. The van der Waals surface area contributed by atoms with Gasteiger partial charge in [0.05, 0.1) is 11.9 Å². The number of carbonyl (C=O) groups excluding carboxylic acids is 1. The fourth-order valence-electron chi connectivity index (χ4n) is 1.85. The van der Waals surface area contributed by atoms with Gasteiger partial charge in [-0.3, -0.25) is 4.79 Å². The molecule has 0 radical (unpaired) electrons. The van der Waals surface area contributed by atoms with Gasteiger partial charge in [0.25, 0.3) is 0 Å².